The molecular weight excluding hydrogens is 266 g/mol. The van der Waals surface area contributed by atoms with Crippen molar-refractivity contribution in [1.29, 1.82) is 0 Å². The molecule has 4 heteroatoms. The van der Waals surface area contributed by atoms with Crippen molar-refractivity contribution in [1.82, 2.24) is 5.32 Å². The molecule has 1 aromatic carbocycles. The van der Waals surface area contributed by atoms with Crippen LogP contribution in [0.25, 0.3) is 0 Å². The smallest absolute Gasteiger partial charge is 0.407 e. The molecule has 1 amide bonds. The van der Waals surface area contributed by atoms with Crippen molar-refractivity contribution < 1.29 is 14.3 Å². The normalized spacial score (nSPS) is 23.0. The van der Waals surface area contributed by atoms with Gasteiger partial charge in [0.25, 0.3) is 0 Å². The fourth-order valence-corrected chi connectivity index (χ4v) is 3.56. The van der Waals surface area contributed by atoms with Crippen LogP contribution in [-0.4, -0.2) is 18.3 Å². The molecule has 1 atom stereocenters. The molecule has 114 valence electrons. The second-order valence-corrected chi connectivity index (χ2v) is 6.01. The van der Waals surface area contributed by atoms with Crippen LogP contribution in [0.15, 0.2) is 24.3 Å². The summed E-state index contributed by atoms with van der Waals surface area (Å²) >= 11 is 0. The van der Waals surface area contributed by atoms with Crippen molar-refractivity contribution in [3.63, 3.8) is 0 Å². The van der Waals surface area contributed by atoms with Gasteiger partial charge in [-0.25, -0.2) is 4.79 Å². The second-order valence-electron chi connectivity index (χ2n) is 6.01. The van der Waals surface area contributed by atoms with Gasteiger partial charge in [-0.2, -0.15) is 0 Å². The number of benzene rings is 1. The Bertz CT molecular complexity index is 509. The van der Waals surface area contributed by atoms with E-state index < -0.39 is 0 Å². The van der Waals surface area contributed by atoms with Crippen LogP contribution in [0.2, 0.25) is 0 Å². The molecule has 0 aromatic heterocycles. The SMILES string of the molecule is CCOC(=O)N[C@H]1CC2(CCCCC2)Oc2ccccc21. The van der Waals surface area contributed by atoms with Gasteiger partial charge < -0.3 is 14.8 Å². The zero-order chi connectivity index (χ0) is 14.7. The first-order valence-electron chi connectivity index (χ1n) is 7.94. The summed E-state index contributed by atoms with van der Waals surface area (Å²) in [6, 6.07) is 7.99. The molecule has 3 rings (SSSR count). The largest absolute Gasteiger partial charge is 0.487 e. The number of fused-ring (bicyclic) bond motifs is 1. The van der Waals surface area contributed by atoms with E-state index in [4.69, 9.17) is 9.47 Å². The first-order valence-corrected chi connectivity index (χ1v) is 7.94. The number of alkyl carbamates (subject to hydrolysis) is 1. The first-order chi connectivity index (χ1) is 10.2. The highest BCUT2D eigenvalue weighted by Gasteiger charge is 2.42. The number of rotatable bonds is 2. The molecule has 1 aliphatic carbocycles. The molecule has 4 nitrogen and oxygen atoms in total. The Morgan fingerprint density at radius 1 is 1.33 bits per heavy atom. The average molecular weight is 289 g/mol. The van der Waals surface area contributed by atoms with Crippen molar-refractivity contribution in [2.75, 3.05) is 6.61 Å². The van der Waals surface area contributed by atoms with Crippen LogP contribution in [-0.2, 0) is 4.74 Å². The number of nitrogens with one attached hydrogen (secondary N) is 1. The van der Waals surface area contributed by atoms with Crippen LogP contribution in [0, 0.1) is 0 Å². The van der Waals surface area contributed by atoms with Gasteiger partial charge in [0.15, 0.2) is 0 Å². The number of hydrogen-bond acceptors (Lipinski definition) is 3. The number of ether oxygens (including phenoxy) is 2. The van der Waals surface area contributed by atoms with Crippen molar-refractivity contribution in [3.05, 3.63) is 29.8 Å². The lowest BCUT2D eigenvalue weighted by molar-refractivity contribution is -0.00258. The van der Waals surface area contributed by atoms with Crippen LogP contribution >= 0.6 is 0 Å². The van der Waals surface area contributed by atoms with Crippen LogP contribution in [0.4, 0.5) is 4.79 Å². The van der Waals surface area contributed by atoms with Gasteiger partial charge in [0.05, 0.1) is 12.6 Å². The maximum atomic E-state index is 11.8. The molecule has 1 spiro atoms. The highest BCUT2D eigenvalue weighted by Crippen LogP contribution is 2.45. The molecule has 0 radical (unpaired) electrons. The van der Waals surface area contributed by atoms with Gasteiger partial charge in [-0.1, -0.05) is 24.6 Å². The Morgan fingerprint density at radius 2 is 2.10 bits per heavy atom. The molecular formula is C17H23NO3. The summed E-state index contributed by atoms with van der Waals surface area (Å²) in [5.74, 6) is 0.910. The fourth-order valence-electron chi connectivity index (χ4n) is 3.56. The maximum absolute atomic E-state index is 11.8. The van der Waals surface area contributed by atoms with Gasteiger partial charge in [0, 0.05) is 12.0 Å². The van der Waals surface area contributed by atoms with E-state index in [1.165, 1.54) is 19.3 Å². The van der Waals surface area contributed by atoms with E-state index in [2.05, 4.69) is 5.32 Å². The molecule has 0 bridgehead atoms. The summed E-state index contributed by atoms with van der Waals surface area (Å²) in [7, 11) is 0. The molecule has 1 heterocycles. The van der Waals surface area contributed by atoms with Gasteiger partial charge in [-0.3, -0.25) is 0 Å². The third kappa shape index (κ3) is 2.99. The third-order valence-electron chi connectivity index (χ3n) is 4.53. The standard InChI is InChI=1S/C17H23NO3/c1-2-20-16(19)18-14-12-17(10-6-3-7-11-17)21-15-9-5-4-8-13(14)15/h4-5,8-9,14H,2-3,6-7,10-12H2,1H3,(H,18,19)/t14-/m0/s1. The van der Waals surface area contributed by atoms with E-state index in [1.807, 2.05) is 31.2 Å². The highest BCUT2D eigenvalue weighted by atomic mass is 16.5. The lowest BCUT2D eigenvalue weighted by Gasteiger charge is -2.44. The summed E-state index contributed by atoms with van der Waals surface area (Å²) in [6.07, 6.45) is 6.32. The summed E-state index contributed by atoms with van der Waals surface area (Å²) in [5, 5.41) is 3.01. The Labute approximate surface area is 125 Å². The lowest BCUT2D eigenvalue weighted by atomic mass is 9.77. The zero-order valence-electron chi connectivity index (χ0n) is 12.6. The molecule has 1 aliphatic heterocycles. The Morgan fingerprint density at radius 3 is 2.86 bits per heavy atom. The van der Waals surface area contributed by atoms with E-state index >= 15 is 0 Å². The van der Waals surface area contributed by atoms with E-state index in [1.54, 1.807) is 0 Å². The van der Waals surface area contributed by atoms with E-state index in [0.717, 1.165) is 30.6 Å². The molecule has 0 saturated heterocycles. The quantitative estimate of drug-likeness (QED) is 0.896. The van der Waals surface area contributed by atoms with Crippen molar-refractivity contribution in [3.8, 4) is 5.75 Å². The van der Waals surface area contributed by atoms with Gasteiger partial charge >= 0.3 is 6.09 Å². The predicted octanol–water partition coefficient (Wildman–Crippen LogP) is 3.96. The Kier molecular flexibility index (Phi) is 4.04. The van der Waals surface area contributed by atoms with Crippen molar-refractivity contribution in [2.24, 2.45) is 0 Å². The van der Waals surface area contributed by atoms with Crippen LogP contribution in [0.5, 0.6) is 5.75 Å². The first kappa shape index (κ1) is 14.2. The summed E-state index contributed by atoms with van der Waals surface area (Å²) in [5.41, 5.74) is 0.943. The maximum Gasteiger partial charge on any atom is 0.407 e. The minimum atomic E-state index is -0.342. The monoisotopic (exact) mass is 289 g/mol. The molecule has 21 heavy (non-hydrogen) atoms. The second kappa shape index (κ2) is 5.96. The van der Waals surface area contributed by atoms with Crippen molar-refractivity contribution in [2.45, 2.75) is 57.1 Å². The number of hydrogen-bond donors (Lipinski definition) is 1. The van der Waals surface area contributed by atoms with Crippen molar-refractivity contribution >= 4 is 6.09 Å². The van der Waals surface area contributed by atoms with Crippen LogP contribution in [0.1, 0.15) is 57.1 Å². The number of amides is 1. The van der Waals surface area contributed by atoms with E-state index in [-0.39, 0.29) is 17.7 Å². The lowest BCUT2D eigenvalue weighted by Crippen LogP contribution is -2.46. The van der Waals surface area contributed by atoms with Crippen LogP contribution in [0.3, 0.4) is 0 Å². The fraction of sp³-hybridized carbons (Fsp3) is 0.588. The molecule has 1 N–H and O–H groups in total. The van der Waals surface area contributed by atoms with Gasteiger partial charge in [-0.15, -0.1) is 0 Å². The molecule has 2 aliphatic rings. The van der Waals surface area contributed by atoms with E-state index in [0.29, 0.717) is 6.61 Å². The summed E-state index contributed by atoms with van der Waals surface area (Å²) in [4.78, 5) is 11.8. The predicted molar refractivity (Wildman–Crippen MR) is 80.4 cm³/mol. The summed E-state index contributed by atoms with van der Waals surface area (Å²) in [6.45, 7) is 2.21. The van der Waals surface area contributed by atoms with Gasteiger partial charge in [0.1, 0.15) is 11.4 Å². The zero-order valence-corrected chi connectivity index (χ0v) is 12.6. The van der Waals surface area contributed by atoms with E-state index in [9.17, 15) is 4.79 Å². The van der Waals surface area contributed by atoms with Gasteiger partial charge in [0.2, 0.25) is 0 Å². The summed E-state index contributed by atoms with van der Waals surface area (Å²) < 4.78 is 11.4. The number of carbonyl (C=O) groups excluding carboxylic acids is 1. The number of carbonyl (C=O) groups is 1. The minimum absolute atomic E-state index is 0.0212. The Hall–Kier alpha value is -1.71. The van der Waals surface area contributed by atoms with Crippen LogP contribution < -0.4 is 10.1 Å². The molecule has 1 aromatic rings. The Balaban J connectivity index is 1.85. The highest BCUT2D eigenvalue weighted by molar-refractivity contribution is 5.68. The molecule has 0 unspecified atom stereocenters. The average Bonchev–Trinajstić information content (AvgIpc) is 2.48. The molecule has 1 fully saturated rings. The van der Waals surface area contributed by atoms with Gasteiger partial charge in [-0.05, 0) is 38.7 Å². The minimum Gasteiger partial charge on any atom is -0.487 e. The number of para-hydroxylation sites is 1. The topological polar surface area (TPSA) is 47.6 Å². The molecule has 1 saturated carbocycles. The third-order valence-corrected chi connectivity index (χ3v) is 4.53.